The summed E-state index contributed by atoms with van der Waals surface area (Å²) < 4.78 is 27.1. The van der Waals surface area contributed by atoms with Crippen LogP contribution in [0.2, 0.25) is 0 Å². The van der Waals surface area contributed by atoms with Gasteiger partial charge < -0.3 is 10.2 Å². The van der Waals surface area contributed by atoms with E-state index in [9.17, 15) is 8.42 Å². The molecule has 0 saturated carbocycles. The largest absolute Gasteiger partial charge is 0.356 e. The van der Waals surface area contributed by atoms with Gasteiger partial charge in [0.1, 0.15) is 5.82 Å². The van der Waals surface area contributed by atoms with Crippen LogP contribution in [0, 0.1) is 0 Å². The topological polar surface area (TPSA) is 81.7 Å². The predicted molar refractivity (Wildman–Crippen MR) is 130 cm³/mol. The Morgan fingerprint density at radius 3 is 2.47 bits per heavy atom. The molecule has 0 amide bonds. The minimum Gasteiger partial charge on any atom is -0.356 e. The Bertz CT molecular complexity index is 841. The number of sulfonamides is 1. The van der Waals surface area contributed by atoms with E-state index in [-0.39, 0.29) is 5.25 Å². The molecule has 1 N–H and O–H groups in total. The number of piperidine rings is 2. The highest BCUT2D eigenvalue weighted by Gasteiger charge is 2.35. The van der Waals surface area contributed by atoms with Crippen molar-refractivity contribution in [3.05, 3.63) is 12.3 Å². The fourth-order valence-corrected chi connectivity index (χ4v) is 6.64. The van der Waals surface area contributed by atoms with Crippen LogP contribution in [0.15, 0.2) is 12.3 Å². The second kappa shape index (κ2) is 10.7. The highest BCUT2D eigenvalue weighted by atomic mass is 32.2. The summed E-state index contributed by atoms with van der Waals surface area (Å²) in [6.07, 6.45) is 11.1. The molecular weight excluding hydrogens is 424 g/mol. The molecule has 1 aromatic heterocycles. The van der Waals surface area contributed by atoms with Gasteiger partial charge in [-0.3, -0.25) is 4.90 Å². The number of nitrogens with zero attached hydrogens (tertiary/aromatic N) is 5. The first-order chi connectivity index (χ1) is 15.4. The summed E-state index contributed by atoms with van der Waals surface area (Å²) in [7, 11) is -3.19. The normalized spacial score (nSPS) is 26.8. The SMILES string of the molecule is CC(C)S(=O)(=O)N1CCCC(N2CCCC(Nc3nccc(N4CCCCCC4)n3)C2)C1. The van der Waals surface area contributed by atoms with E-state index in [1.54, 1.807) is 18.2 Å². The number of hydrogen-bond donors (Lipinski definition) is 1. The second-order valence-electron chi connectivity index (χ2n) is 9.87. The molecule has 4 rings (SSSR count). The molecule has 4 heterocycles. The molecule has 0 aromatic carbocycles. The molecule has 3 fully saturated rings. The monoisotopic (exact) mass is 464 g/mol. The fourth-order valence-electron chi connectivity index (χ4n) is 5.28. The van der Waals surface area contributed by atoms with Crippen LogP contribution in [0.4, 0.5) is 11.8 Å². The van der Waals surface area contributed by atoms with E-state index in [0.717, 1.165) is 57.7 Å². The van der Waals surface area contributed by atoms with E-state index in [2.05, 4.69) is 20.1 Å². The summed E-state index contributed by atoms with van der Waals surface area (Å²) in [4.78, 5) is 14.2. The van der Waals surface area contributed by atoms with Crippen molar-refractivity contribution >= 4 is 21.8 Å². The van der Waals surface area contributed by atoms with Crippen molar-refractivity contribution in [2.24, 2.45) is 0 Å². The van der Waals surface area contributed by atoms with Crippen LogP contribution in [-0.2, 0) is 10.0 Å². The Kier molecular flexibility index (Phi) is 7.89. The third-order valence-corrected chi connectivity index (χ3v) is 9.43. The molecule has 3 aliphatic rings. The molecule has 0 aliphatic carbocycles. The predicted octanol–water partition coefficient (Wildman–Crippen LogP) is 2.94. The summed E-state index contributed by atoms with van der Waals surface area (Å²) in [5.74, 6) is 1.74. The molecule has 0 spiro atoms. The van der Waals surface area contributed by atoms with Gasteiger partial charge in [-0.05, 0) is 65.0 Å². The zero-order chi connectivity index (χ0) is 22.6. The number of rotatable bonds is 6. The van der Waals surface area contributed by atoms with Crippen molar-refractivity contribution in [3.63, 3.8) is 0 Å². The number of anilines is 2. The van der Waals surface area contributed by atoms with Gasteiger partial charge in [-0.25, -0.2) is 17.7 Å². The quantitative estimate of drug-likeness (QED) is 0.693. The Hall–Kier alpha value is -1.45. The molecular formula is C23H40N6O2S. The molecule has 1 aromatic rings. The highest BCUT2D eigenvalue weighted by molar-refractivity contribution is 7.89. The van der Waals surface area contributed by atoms with Crippen molar-refractivity contribution in [2.45, 2.75) is 82.5 Å². The molecule has 0 bridgehead atoms. The number of likely N-dealkylation sites (tertiary alicyclic amines) is 1. The summed E-state index contributed by atoms with van der Waals surface area (Å²) in [6.45, 7) is 8.93. The summed E-state index contributed by atoms with van der Waals surface area (Å²) in [5.41, 5.74) is 0. The van der Waals surface area contributed by atoms with E-state index in [1.807, 2.05) is 12.3 Å². The third-order valence-electron chi connectivity index (χ3n) is 7.19. The number of hydrogen-bond acceptors (Lipinski definition) is 7. The average Bonchev–Trinajstić information content (AvgIpc) is 3.09. The summed E-state index contributed by atoms with van der Waals surface area (Å²) in [6, 6.07) is 2.61. The number of aromatic nitrogens is 2. The molecule has 32 heavy (non-hydrogen) atoms. The highest BCUT2D eigenvalue weighted by Crippen LogP contribution is 2.25. The van der Waals surface area contributed by atoms with Crippen LogP contribution in [0.25, 0.3) is 0 Å². The molecule has 9 heteroatoms. The van der Waals surface area contributed by atoms with Crippen LogP contribution in [0.5, 0.6) is 0 Å². The van der Waals surface area contributed by atoms with Crippen molar-refractivity contribution in [1.29, 1.82) is 0 Å². The van der Waals surface area contributed by atoms with E-state index in [0.29, 0.717) is 31.1 Å². The van der Waals surface area contributed by atoms with Crippen molar-refractivity contribution < 1.29 is 8.42 Å². The Labute approximate surface area is 193 Å². The van der Waals surface area contributed by atoms with Gasteiger partial charge >= 0.3 is 0 Å². The van der Waals surface area contributed by atoms with Crippen LogP contribution in [0.1, 0.15) is 65.2 Å². The lowest BCUT2D eigenvalue weighted by atomic mass is 9.99. The zero-order valence-corrected chi connectivity index (χ0v) is 20.6. The van der Waals surface area contributed by atoms with Gasteiger partial charge in [-0.1, -0.05) is 12.8 Å². The minimum atomic E-state index is -3.19. The average molecular weight is 465 g/mol. The first kappa shape index (κ1) is 23.7. The van der Waals surface area contributed by atoms with Gasteiger partial charge in [0, 0.05) is 51.0 Å². The lowest BCUT2D eigenvalue weighted by molar-refractivity contribution is 0.108. The van der Waals surface area contributed by atoms with E-state index < -0.39 is 10.0 Å². The molecule has 0 radical (unpaired) electrons. The van der Waals surface area contributed by atoms with Gasteiger partial charge in [0.2, 0.25) is 16.0 Å². The molecule has 8 nitrogen and oxygen atoms in total. The van der Waals surface area contributed by atoms with Crippen LogP contribution in [0.3, 0.4) is 0 Å². The summed E-state index contributed by atoms with van der Waals surface area (Å²) in [5, 5.41) is 3.23. The lowest BCUT2D eigenvalue weighted by Crippen LogP contribution is -2.55. The first-order valence-corrected chi connectivity index (χ1v) is 14.0. The van der Waals surface area contributed by atoms with Gasteiger partial charge in [0.15, 0.2) is 0 Å². The van der Waals surface area contributed by atoms with Gasteiger partial charge in [0.05, 0.1) is 5.25 Å². The Morgan fingerprint density at radius 1 is 0.969 bits per heavy atom. The van der Waals surface area contributed by atoms with Crippen LogP contribution in [-0.4, -0.2) is 84.2 Å². The fraction of sp³-hybridized carbons (Fsp3) is 0.826. The lowest BCUT2D eigenvalue weighted by Gasteiger charge is -2.43. The molecule has 3 saturated heterocycles. The van der Waals surface area contributed by atoms with E-state index >= 15 is 0 Å². The third kappa shape index (κ3) is 5.72. The van der Waals surface area contributed by atoms with E-state index in [1.165, 1.54) is 25.7 Å². The minimum absolute atomic E-state index is 0.292. The second-order valence-corrected chi connectivity index (χ2v) is 12.4. The van der Waals surface area contributed by atoms with Crippen LogP contribution < -0.4 is 10.2 Å². The van der Waals surface area contributed by atoms with E-state index in [4.69, 9.17) is 4.98 Å². The van der Waals surface area contributed by atoms with Crippen molar-refractivity contribution in [1.82, 2.24) is 19.2 Å². The van der Waals surface area contributed by atoms with Gasteiger partial charge in [-0.15, -0.1) is 0 Å². The maximum Gasteiger partial charge on any atom is 0.224 e. The van der Waals surface area contributed by atoms with Crippen LogP contribution >= 0.6 is 0 Å². The van der Waals surface area contributed by atoms with Gasteiger partial charge in [0.25, 0.3) is 0 Å². The van der Waals surface area contributed by atoms with Crippen molar-refractivity contribution in [3.8, 4) is 0 Å². The molecule has 3 aliphatic heterocycles. The molecule has 2 atom stereocenters. The maximum atomic E-state index is 12.7. The molecule has 180 valence electrons. The zero-order valence-electron chi connectivity index (χ0n) is 19.7. The first-order valence-electron chi connectivity index (χ1n) is 12.5. The standard InChI is InChI=1S/C23H40N6O2S/c1-19(2)32(30,31)29-16-8-10-21(18-29)28-15-7-9-20(17-28)25-23-24-12-11-22(26-23)27-13-5-3-4-6-14-27/h11-12,19-21H,3-10,13-18H2,1-2H3,(H,24,25,26). The molecule has 2 unspecified atom stereocenters. The maximum absolute atomic E-state index is 12.7. The van der Waals surface area contributed by atoms with Gasteiger partial charge in [-0.2, -0.15) is 4.98 Å². The number of nitrogens with one attached hydrogen (secondary N) is 1. The van der Waals surface area contributed by atoms with Crippen molar-refractivity contribution in [2.75, 3.05) is 49.5 Å². The summed E-state index contributed by atoms with van der Waals surface area (Å²) >= 11 is 0. The smallest absolute Gasteiger partial charge is 0.224 e. The Balaban J connectivity index is 1.37. The Morgan fingerprint density at radius 2 is 1.72 bits per heavy atom.